The van der Waals surface area contributed by atoms with Crippen molar-refractivity contribution >= 4 is 0 Å². The van der Waals surface area contributed by atoms with E-state index in [9.17, 15) is 9.59 Å². The lowest BCUT2D eigenvalue weighted by Crippen LogP contribution is -2.38. The van der Waals surface area contributed by atoms with Gasteiger partial charge in [0.1, 0.15) is 11.6 Å². The van der Waals surface area contributed by atoms with E-state index in [4.69, 9.17) is 5.26 Å². The fourth-order valence-corrected chi connectivity index (χ4v) is 1.07. The first-order valence-electron chi connectivity index (χ1n) is 3.93. The summed E-state index contributed by atoms with van der Waals surface area (Å²) in [5.74, 6) is 0. The monoisotopic (exact) mass is 191 g/mol. The number of nitrogens with zero attached hydrogens (tertiary/aromatic N) is 3. The van der Waals surface area contributed by atoms with Gasteiger partial charge in [0.05, 0.1) is 0 Å². The maximum absolute atomic E-state index is 11.4. The number of aromatic nitrogens is 2. The van der Waals surface area contributed by atoms with E-state index in [1.54, 1.807) is 6.07 Å². The van der Waals surface area contributed by atoms with Gasteiger partial charge in [-0.25, -0.2) is 4.79 Å². The fraction of sp³-hybridized carbons (Fsp3) is 0.222. The van der Waals surface area contributed by atoms with Crippen LogP contribution in [0, 0.1) is 11.3 Å². The molecule has 0 aliphatic rings. The van der Waals surface area contributed by atoms with Crippen molar-refractivity contribution in [3.05, 3.63) is 45.3 Å². The van der Waals surface area contributed by atoms with Crippen molar-refractivity contribution in [3.8, 4) is 6.07 Å². The molecule has 1 heterocycles. The third-order valence-corrected chi connectivity index (χ3v) is 1.80. The summed E-state index contributed by atoms with van der Waals surface area (Å²) in [6, 6.07) is 1.73. The lowest BCUT2D eigenvalue weighted by Gasteiger charge is -2.04. The van der Waals surface area contributed by atoms with E-state index in [0.29, 0.717) is 0 Å². The number of hydrogen-bond acceptors (Lipinski definition) is 3. The second-order valence-electron chi connectivity index (χ2n) is 2.74. The summed E-state index contributed by atoms with van der Waals surface area (Å²) in [7, 11) is 1.34. The molecule has 5 nitrogen and oxygen atoms in total. The first kappa shape index (κ1) is 9.99. The summed E-state index contributed by atoms with van der Waals surface area (Å²) >= 11 is 0. The van der Waals surface area contributed by atoms with Crippen LogP contribution >= 0.6 is 0 Å². The molecule has 1 aromatic rings. The second kappa shape index (κ2) is 3.75. The molecule has 0 unspecified atom stereocenters. The third kappa shape index (κ3) is 1.50. The molecular formula is C9H9N3O2. The molecule has 0 radical (unpaired) electrons. The largest absolute Gasteiger partial charge is 0.331 e. The van der Waals surface area contributed by atoms with E-state index in [-0.39, 0.29) is 12.1 Å². The van der Waals surface area contributed by atoms with E-state index in [2.05, 4.69) is 6.58 Å². The van der Waals surface area contributed by atoms with Crippen molar-refractivity contribution in [3.63, 3.8) is 0 Å². The predicted molar refractivity (Wildman–Crippen MR) is 50.9 cm³/mol. The topological polar surface area (TPSA) is 67.8 Å². The maximum atomic E-state index is 11.4. The highest BCUT2D eigenvalue weighted by atomic mass is 16.2. The standard InChI is InChI=1S/C9H9N3O2/c1-3-4-12-6-7(5-10)8(13)11(2)9(12)14/h3,6H,1,4H2,2H3. The van der Waals surface area contributed by atoms with E-state index >= 15 is 0 Å². The molecule has 72 valence electrons. The van der Waals surface area contributed by atoms with Crippen molar-refractivity contribution in [2.24, 2.45) is 7.05 Å². The Kier molecular flexibility index (Phi) is 2.67. The van der Waals surface area contributed by atoms with Gasteiger partial charge in [-0.05, 0) is 0 Å². The number of nitriles is 1. The summed E-state index contributed by atoms with van der Waals surface area (Å²) < 4.78 is 2.16. The lowest BCUT2D eigenvalue weighted by atomic mass is 10.3. The van der Waals surface area contributed by atoms with Crippen LogP contribution in [0.5, 0.6) is 0 Å². The van der Waals surface area contributed by atoms with E-state index in [0.717, 1.165) is 4.57 Å². The molecule has 0 N–H and O–H groups in total. The van der Waals surface area contributed by atoms with E-state index < -0.39 is 11.2 Å². The Bertz CT molecular complexity index is 516. The van der Waals surface area contributed by atoms with Crippen LogP contribution in [0.3, 0.4) is 0 Å². The Labute approximate surface area is 80.1 Å². The van der Waals surface area contributed by atoms with E-state index in [1.165, 1.54) is 23.9 Å². The highest BCUT2D eigenvalue weighted by molar-refractivity contribution is 5.22. The highest BCUT2D eigenvalue weighted by Gasteiger charge is 2.06. The molecule has 0 spiro atoms. The molecule has 0 saturated carbocycles. The Morgan fingerprint density at radius 2 is 2.29 bits per heavy atom. The summed E-state index contributed by atoms with van der Waals surface area (Å²) in [5, 5.41) is 8.62. The Morgan fingerprint density at radius 1 is 1.64 bits per heavy atom. The van der Waals surface area contributed by atoms with E-state index in [1.807, 2.05) is 0 Å². The van der Waals surface area contributed by atoms with Gasteiger partial charge in [0.25, 0.3) is 5.56 Å². The smallest absolute Gasteiger partial charge is 0.295 e. The minimum absolute atomic E-state index is 0.0473. The molecule has 5 heteroatoms. The number of allylic oxidation sites excluding steroid dienone is 1. The van der Waals surface area contributed by atoms with Gasteiger partial charge >= 0.3 is 5.69 Å². The van der Waals surface area contributed by atoms with Crippen LogP contribution in [0.2, 0.25) is 0 Å². The zero-order chi connectivity index (χ0) is 10.7. The SMILES string of the molecule is C=CCn1cc(C#N)c(=O)n(C)c1=O. The number of rotatable bonds is 2. The average Bonchev–Trinajstić information content (AvgIpc) is 2.19. The van der Waals surface area contributed by atoms with Gasteiger partial charge in [0.2, 0.25) is 0 Å². The number of hydrogen-bond donors (Lipinski definition) is 0. The molecule has 1 aromatic heterocycles. The third-order valence-electron chi connectivity index (χ3n) is 1.80. The highest BCUT2D eigenvalue weighted by Crippen LogP contribution is 1.86. The molecule has 0 saturated heterocycles. The zero-order valence-electron chi connectivity index (χ0n) is 7.73. The average molecular weight is 191 g/mol. The molecule has 0 aliphatic heterocycles. The van der Waals surface area contributed by atoms with Gasteiger partial charge < -0.3 is 0 Å². The van der Waals surface area contributed by atoms with Gasteiger partial charge in [0, 0.05) is 19.8 Å². The van der Waals surface area contributed by atoms with Gasteiger partial charge in [-0.1, -0.05) is 6.08 Å². The Morgan fingerprint density at radius 3 is 2.79 bits per heavy atom. The summed E-state index contributed by atoms with van der Waals surface area (Å²) in [6.07, 6.45) is 2.76. The molecule has 0 fully saturated rings. The first-order valence-corrected chi connectivity index (χ1v) is 3.93. The minimum atomic E-state index is -0.571. The minimum Gasteiger partial charge on any atom is -0.295 e. The van der Waals surface area contributed by atoms with Crippen molar-refractivity contribution in [2.75, 3.05) is 0 Å². The van der Waals surface area contributed by atoms with Gasteiger partial charge in [-0.15, -0.1) is 6.58 Å². The van der Waals surface area contributed by atoms with Crippen molar-refractivity contribution in [1.82, 2.24) is 9.13 Å². The molecule has 1 rings (SSSR count). The van der Waals surface area contributed by atoms with Crippen LogP contribution in [0.25, 0.3) is 0 Å². The van der Waals surface area contributed by atoms with Crippen LogP contribution < -0.4 is 11.2 Å². The van der Waals surface area contributed by atoms with Gasteiger partial charge in [-0.2, -0.15) is 5.26 Å². The Balaban J connectivity index is 3.59. The van der Waals surface area contributed by atoms with Gasteiger partial charge in [-0.3, -0.25) is 13.9 Å². The van der Waals surface area contributed by atoms with Crippen LogP contribution in [0.15, 0.2) is 28.4 Å². The van der Waals surface area contributed by atoms with Gasteiger partial charge in [0.15, 0.2) is 0 Å². The maximum Gasteiger partial charge on any atom is 0.331 e. The molecule has 0 amide bonds. The quantitative estimate of drug-likeness (QED) is 0.597. The van der Waals surface area contributed by atoms with Crippen molar-refractivity contribution in [2.45, 2.75) is 6.54 Å². The molecule has 0 bridgehead atoms. The lowest BCUT2D eigenvalue weighted by molar-refractivity contribution is 0.651. The molecule has 14 heavy (non-hydrogen) atoms. The molecule has 0 aliphatic carbocycles. The van der Waals surface area contributed by atoms with Crippen LogP contribution in [0.4, 0.5) is 0 Å². The summed E-state index contributed by atoms with van der Waals surface area (Å²) in [6.45, 7) is 3.75. The van der Waals surface area contributed by atoms with Crippen molar-refractivity contribution in [1.29, 1.82) is 5.26 Å². The Hall–Kier alpha value is -2.09. The second-order valence-corrected chi connectivity index (χ2v) is 2.74. The van der Waals surface area contributed by atoms with Crippen LogP contribution in [-0.4, -0.2) is 9.13 Å². The molecule has 0 atom stereocenters. The molecule has 0 aromatic carbocycles. The fourth-order valence-electron chi connectivity index (χ4n) is 1.07. The first-order chi connectivity index (χ1) is 6.61. The summed E-state index contributed by atoms with van der Waals surface area (Å²) in [4.78, 5) is 22.7. The molecular weight excluding hydrogens is 182 g/mol. The normalized spacial score (nSPS) is 9.43. The van der Waals surface area contributed by atoms with Crippen LogP contribution in [0.1, 0.15) is 5.56 Å². The zero-order valence-corrected chi connectivity index (χ0v) is 7.73. The van der Waals surface area contributed by atoms with Crippen molar-refractivity contribution < 1.29 is 0 Å². The predicted octanol–water partition coefficient (Wildman–Crippen LogP) is -0.395. The van der Waals surface area contributed by atoms with Crippen LogP contribution in [-0.2, 0) is 13.6 Å². The summed E-state index contributed by atoms with van der Waals surface area (Å²) in [5.41, 5.74) is -1.07.